The molecule has 2 aromatic carbocycles. The molecule has 0 amide bonds. The lowest BCUT2D eigenvalue weighted by molar-refractivity contribution is -0.135. The SMILES string of the molecule is Cc1ccc(S(=O)(=O)N(C)C)cc1N=NN(CC(=O)O)c1ccc(Br)cc1C(=O)O. The molecule has 0 fully saturated rings. The molecular formula is C18H19BrN4O6S. The number of halogens is 1. The second-order valence-electron chi connectivity index (χ2n) is 6.34. The Balaban J connectivity index is 2.53. The Hall–Kier alpha value is -2.83. The number of aromatic carboxylic acids is 1. The molecular weight excluding hydrogens is 480 g/mol. The van der Waals surface area contributed by atoms with Crippen molar-refractivity contribution in [2.45, 2.75) is 11.8 Å². The lowest BCUT2D eigenvalue weighted by Crippen LogP contribution is -2.25. The standard InChI is InChI=1S/C18H19BrN4O6S/c1-11-4-6-13(30(28,29)22(2)3)9-15(11)20-21-23(10-17(24)25)16-7-5-12(19)8-14(16)18(26)27/h4-9H,10H2,1-3H3,(H,24,25)(H,26,27). The van der Waals surface area contributed by atoms with Crippen LogP contribution in [0.25, 0.3) is 0 Å². The number of carboxylic acids is 2. The highest BCUT2D eigenvalue weighted by Crippen LogP contribution is 2.28. The maximum Gasteiger partial charge on any atom is 0.337 e. The van der Waals surface area contributed by atoms with Gasteiger partial charge in [0, 0.05) is 18.6 Å². The number of rotatable bonds is 8. The highest BCUT2D eigenvalue weighted by Gasteiger charge is 2.20. The van der Waals surface area contributed by atoms with E-state index in [0.29, 0.717) is 10.0 Å². The maximum atomic E-state index is 12.3. The van der Waals surface area contributed by atoms with Gasteiger partial charge in [-0.05, 0) is 42.8 Å². The van der Waals surface area contributed by atoms with Gasteiger partial charge in [0.2, 0.25) is 10.0 Å². The highest BCUT2D eigenvalue weighted by molar-refractivity contribution is 9.10. The molecule has 0 aromatic heterocycles. The first-order valence-corrected chi connectivity index (χ1v) is 10.6. The average Bonchev–Trinajstić information content (AvgIpc) is 2.65. The van der Waals surface area contributed by atoms with Crippen LogP contribution in [0.3, 0.4) is 0 Å². The van der Waals surface area contributed by atoms with E-state index in [1.807, 2.05) is 0 Å². The molecule has 0 aliphatic carbocycles. The van der Waals surface area contributed by atoms with Crippen molar-refractivity contribution in [1.82, 2.24) is 4.31 Å². The van der Waals surface area contributed by atoms with Crippen LogP contribution in [0, 0.1) is 6.92 Å². The van der Waals surface area contributed by atoms with Crippen molar-refractivity contribution < 1.29 is 28.2 Å². The van der Waals surface area contributed by atoms with Crippen molar-refractivity contribution in [2.24, 2.45) is 10.3 Å². The maximum absolute atomic E-state index is 12.3. The van der Waals surface area contributed by atoms with Gasteiger partial charge < -0.3 is 10.2 Å². The molecule has 10 nitrogen and oxygen atoms in total. The predicted molar refractivity (Wildman–Crippen MR) is 113 cm³/mol. The number of sulfonamides is 1. The second kappa shape index (κ2) is 9.32. The van der Waals surface area contributed by atoms with Crippen molar-refractivity contribution >= 4 is 49.3 Å². The molecule has 0 atom stereocenters. The minimum Gasteiger partial charge on any atom is -0.480 e. The number of nitrogens with zero attached hydrogens (tertiary/aromatic N) is 4. The quantitative estimate of drug-likeness (QED) is 0.420. The topological polar surface area (TPSA) is 140 Å². The first-order chi connectivity index (χ1) is 13.9. The van der Waals surface area contributed by atoms with Gasteiger partial charge in [-0.1, -0.05) is 27.2 Å². The summed E-state index contributed by atoms with van der Waals surface area (Å²) in [5, 5.41) is 27.5. The van der Waals surface area contributed by atoms with Crippen LogP contribution in [0.4, 0.5) is 11.4 Å². The Morgan fingerprint density at radius 2 is 1.77 bits per heavy atom. The number of aryl methyl sites for hydroxylation is 1. The number of hydrogen-bond donors (Lipinski definition) is 2. The molecule has 12 heteroatoms. The summed E-state index contributed by atoms with van der Waals surface area (Å²) in [5.74, 6) is -2.53. The van der Waals surface area contributed by atoms with E-state index in [1.165, 1.54) is 38.4 Å². The summed E-state index contributed by atoms with van der Waals surface area (Å²) in [6.45, 7) is 1.03. The van der Waals surface area contributed by atoms with Crippen LogP contribution in [-0.4, -0.2) is 55.5 Å². The molecule has 2 rings (SSSR count). The lowest BCUT2D eigenvalue weighted by Gasteiger charge is -2.18. The van der Waals surface area contributed by atoms with E-state index in [4.69, 9.17) is 0 Å². The van der Waals surface area contributed by atoms with Crippen LogP contribution in [0.5, 0.6) is 0 Å². The molecule has 0 radical (unpaired) electrons. The number of carbonyl (C=O) groups is 2. The molecule has 30 heavy (non-hydrogen) atoms. The van der Waals surface area contributed by atoms with Crippen molar-refractivity contribution in [2.75, 3.05) is 25.6 Å². The van der Waals surface area contributed by atoms with E-state index in [9.17, 15) is 28.2 Å². The number of benzene rings is 2. The normalized spacial score (nSPS) is 11.8. The van der Waals surface area contributed by atoms with E-state index >= 15 is 0 Å². The van der Waals surface area contributed by atoms with Crippen LogP contribution in [0.2, 0.25) is 0 Å². The molecule has 0 aliphatic heterocycles. The van der Waals surface area contributed by atoms with Crippen LogP contribution in [0.1, 0.15) is 15.9 Å². The van der Waals surface area contributed by atoms with Crippen LogP contribution in [-0.2, 0) is 14.8 Å². The van der Waals surface area contributed by atoms with Crippen LogP contribution < -0.4 is 5.01 Å². The molecule has 0 heterocycles. The summed E-state index contributed by atoms with van der Waals surface area (Å²) in [6, 6.07) is 8.55. The first-order valence-electron chi connectivity index (χ1n) is 8.40. The molecule has 0 unspecified atom stereocenters. The number of anilines is 1. The molecule has 2 N–H and O–H groups in total. The number of aliphatic carboxylic acids is 1. The summed E-state index contributed by atoms with van der Waals surface area (Å²) in [7, 11) is -0.918. The van der Waals surface area contributed by atoms with Crippen molar-refractivity contribution in [3.05, 3.63) is 52.0 Å². The van der Waals surface area contributed by atoms with Crippen molar-refractivity contribution in [3.8, 4) is 0 Å². The van der Waals surface area contributed by atoms with Gasteiger partial charge in [0.15, 0.2) is 0 Å². The molecule has 0 bridgehead atoms. The monoisotopic (exact) mass is 498 g/mol. The Morgan fingerprint density at radius 1 is 1.10 bits per heavy atom. The molecule has 0 saturated carbocycles. The second-order valence-corrected chi connectivity index (χ2v) is 9.41. The Kier molecular flexibility index (Phi) is 7.29. The fraction of sp³-hybridized carbons (Fsp3) is 0.222. The van der Waals surface area contributed by atoms with Gasteiger partial charge in [-0.25, -0.2) is 22.5 Å². The number of hydrogen-bond acceptors (Lipinski definition) is 6. The van der Waals surface area contributed by atoms with Gasteiger partial charge in [-0.2, -0.15) is 0 Å². The van der Waals surface area contributed by atoms with Gasteiger partial charge in [-0.3, -0.25) is 4.79 Å². The Morgan fingerprint density at radius 3 is 2.33 bits per heavy atom. The summed E-state index contributed by atoms with van der Waals surface area (Å²) < 4.78 is 26.2. The highest BCUT2D eigenvalue weighted by atomic mass is 79.9. The third-order valence-corrected chi connectivity index (χ3v) is 6.28. The minimum absolute atomic E-state index is 0.00768. The minimum atomic E-state index is -3.71. The van der Waals surface area contributed by atoms with Gasteiger partial charge >= 0.3 is 11.9 Å². The van der Waals surface area contributed by atoms with Gasteiger partial charge in [-0.15, -0.1) is 5.11 Å². The van der Waals surface area contributed by atoms with E-state index in [2.05, 4.69) is 26.3 Å². The summed E-state index contributed by atoms with van der Waals surface area (Å²) in [6.07, 6.45) is 0. The summed E-state index contributed by atoms with van der Waals surface area (Å²) >= 11 is 3.17. The zero-order chi connectivity index (χ0) is 22.6. The average molecular weight is 499 g/mol. The van der Waals surface area contributed by atoms with E-state index in [0.717, 1.165) is 9.31 Å². The zero-order valence-electron chi connectivity index (χ0n) is 16.3. The van der Waals surface area contributed by atoms with Gasteiger partial charge in [0.05, 0.1) is 21.8 Å². The Bertz CT molecular complexity index is 1120. The van der Waals surface area contributed by atoms with E-state index < -0.39 is 28.5 Å². The van der Waals surface area contributed by atoms with Crippen LogP contribution >= 0.6 is 15.9 Å². The number of carboxylic acid groups (broad SMARTS) is 2. The molecule has 160 valence electrons. The molecule has 2 aromatic rings. The van der Waals surface area contributed by atoms with Crippen molar-refractivity contribution in [1.29, 1.82) is 0 Å². The van der Waals surface area contributed by atoms with E-state index in [-0.39, 0.29) is 21.8 Å². The predicted octanol–water partition coefficient (Wildman–Crippen LogP) is 3.30. The van der Waals surface area contributed by atoms with Gasteiger partial charge in [0.1, 0.15) is 6.54 Å². The van der Waals surface area contributed by atoms with Crippen molar-refractivity contribution in [3.63, 3.8) is 0 Å². The molecule has 0 aliphatic rings. The smallest absolute Gasteiger partial charge is 0.337 e. The molecule has 0 spiro atoms. The third kappa shape index (κ3) is 5.40. The lowest BCUT2D eigenvalue weighted by atomic mass is 10.1. The van der Waals surface area contributed by atoms with Gasteiger partial charge in [0.25, 0.3) is 0 Å². The fourth-order valence-corrected chi connectivity index (χ4v) is 3.65. The Labute approximate surface area is 181 Å². The van der Waals surface area contributed by atoms with Crippen LogP contribution in [0.15, 0.2) is 56.1 Å². The first kappa shape index (κ1) is 23.4. The third-order valence-electron chi connectivity index (χ3n) is 3.97. The molecule has 0 saturated heterocycles. The van der Waals surface area contributed by atoms with E-state index in [1.54, 1.807) is 19.1 Å². The largest absolute Gasteiger partial charge is 0.480 e. The zero-order valence-corrected chi connectivity index (χ0v) is 18.7. The summed E-state index contributed by atoms with van der Waals surface area (Å²) in [4.78, 5) is 22.9. The summed E-state index contributed by atoms with van der Waals surface area (Å²) in [5.41, 5.74) is 0.639. The fourth-order valence-electron chi connectivity index (χ4n) is 2.37.